The number of carbonyl (C=O) groups is 2. The molecule has 0 saturated heterocycles. The van der Waals surface area contributed by atoms with Crippen LogP contribution in [0.2, 0.25) is 0 Å². The Kier molecular flexibility index (Phi) is 2.54. The van der Waals surface area contributed by atoms with E-state index >= 15 is 0 Å². The van der Waals surface area contributed by atoms with Crippen molar-refractivity contribution in [2.75, 3.05) is 18.6 Å². The number of fused-ring (bicyclic) bond motifs is 1. The molecule has 0 N–H and O–H groups in total. The van der Waals surface area contributed by atoms with Crippen molar-refractivity contribution < 1.29 is 14.3 Å². The maximum absolute atomic E-state index is 11.9. The first-order chi connectivity index (χ1) is 8.69. The highest BCUT2D eigenvalue weighted by Gasteiger charge is 2.36. The molecule has 3 rings (SSSR count). The van der Waals surface area contributed by atoms with E-state index in [4.69, 9.17) is 4.74 Å². The van der Waals surface area contributed by atoms with Crippen LogP contribution in [-0.2, 0) is 16.0 Å². The number of anilines is 1. The third-order valence-corrected chi connectivity index (χ3v) is 3.38. The summed E-state index contributed by atoms with van der Waals surface area (Å²) in [7, 11) is 1.56. The Morgan fingerprint density at radius 2 is 2.22 bits per heavy atom. The molecule has 0 aromatic carbocycles. The van der Waals surface area contributed by atoms with Gasteiger partial charge in [0.1, 0.15) is 11.6 Å². The van der Waals surface area contributed by atoms with E-state index < -0.39 is 5.91 Å². The fraction of sp³-hybridized carbons (Fsp3) is 0.462. The third-order valence-electron chi connectivity index (χ3n) is 3.38. The number of hydrogen-bond donors (Lipinski definition) is 0. The van der Waals surface area contributed by atoms with Crippen LogP contribution in [0.15, 0.2) is 12.3 Å². The smallest absolute Gasteiger partial charge is 0.295 e. The molecule has 1 saturated carbocycles. The number of ether oxygens (including phenoxy) is 1. The van der Waals surface area contributed by atoms with Gasteiger partial charge < -0.3 is 4.74 Å². The molecule has 0 atom stereocenters. The lowest BCUT2D eigenvalue weighted by atomic mass is 10.0. The molecule has 5 heteroatoms. The van der Waals surface area contributed by atoms with Gasteiger partial charge in [0.15, 0.2) is 0 Å². The lowest BCUT2D eigenvalue weighted by molar-refractivity contribution is -0.136. The van der Waals surface area contributed by atoms with Crippen molar-refractivity contribution in [2.24, 2.45) is 5.92 Å². The maximum Gasteiger partial charge on any atom is 0.295 e. The lowest BCUT2D eigenvalue weighted by Crippen LogP contribution is -2.43. The van der Waals surface area contributed by atoms with Gasteiger partial charge in [0.25, 0.3) is 5.91 Å². The van der Waals surface area contributed by atoms with Crippen molar-refractivity contribution in [1.29, 1.82) is 0 Å². The number of methoxy groups -OCH3 is 1. The minimum atomic E-state index is -0.424. The van der Waals surface area contributed by atoms with Gasteiger partial charge in [-0.1, -0.05) is 0 Å². The van der Waals surface area contributed by atoms with E-state index in [0.29, 0.717) is 24.0 Å². The molecule has 1 aliphatic carbocycles. The highest BCUT2D eigenvalue weighted by atomic mass is 16.5. The van der Waals surface area contributed by atoms with E-state index in [2.05, 4.69) is 4.98 Å². The minimum absolute atomic E-state index is 0.125. The summed E-state index contributed by atoms with van der Waals surface area (Å²) in [5.41, 5.74) is 0.777. The molecule has 0 unspecified atom stereocenters. The summed E-state index contributed by atoms with van der Waals surface area (Å²) in [6.07, 6.45) is 3.97. The van der Waals surface area contributed by atoms with Gasteiger partial charge in [0.2, 0.25) is 5.78 Å². The van der Waals surface area contributed by atoms with Crippen molar-refractivity contribution in [3.63, 3.8) is 0 Å². The molecule has 2 heterocycles. The average molecular weight is 246 g/mol. The molecule has 1 amide bonds. The number of Topliss-reactive ketones (excluding diaryl/α,β-unsaturated/α-hetero) is 1. The Hall–Kier alpha value is -1.91. The van der Waals surface area contributed by atoms with Crippen molar-refractivity contribution in [3.05, 3.63) is 17.8 Å². The van der Waals surface area contributed by atoms with E-state index in [1.807, 2.05) is 0 Å². The first-order valence-electron chi connectivity index (χ1n) is 6.06. The standard InChI is InChI=1S/C13H14N2O3/c1-18-10-4-9-5-11(16)13(17)15(7-8-2-3-8)12(9)14-6-10/h4,6,8H,2-3,5,7H2,1H3. The molecule has 94 valence electrons. The van der Waals surface area contributed by atoms with E-state index in [-0.39, 0.29) is 12.2 Å². The second-order valence-corrected chi connectivity index (χ2v) is 4.82. The number of hydrogen-bond acceptors (Lipinski definition) is 4. The Balaban J connectivity index is 1.99. The zero-order valence-electron chi connectivity index (χ0n) is 10.2. The number of ketones is 1. The van der Waals surface area contributed by atoms with Gasteiger partial charge in [-0.15, -0.1) is 0 Å². The number of carbonyl (C=O) groups excluding carboxylic acids is 2. The zero-order chi connectivity index (χ0) is 12.7. The molecule has 0 spiro atoms. The van der Waals surface area contributed by atoms with Crippen LogP contribution in [0.1, 0.15) is 18.4 Å². The highest BCUT2D eigenvalue weighted by molar-refractivity contribution is 6.43. The molecule has 1 aromatic heterocycles. The van der Waals surface area contributed by atoms with E-state index in [0.717, 1.165) is 18.4 Å². The van der Waals surface area contributed by atoms with Gasteiger partial charge in [0, 0.05) is 18.5 Å². The van der Waals surface area contributed by atoms with Gasteiger partial charge >= 0.3 is 0 Å². The minimum Gasteiger partial charge on any atom is -0.495 e. The largest absolute Gasteiger partial charge is 0.495 e. The van der Waals surface area contributed by atoms with E-state index in [9.17, 15) is 9.59 Å². The molecule has 5 nitrogen and oxygen atoms in total. The quantitative estimate of drug-likeness (QED) is 0.745. The summed E-state index contributed by atoms with van der Waals surface area (Å²) >= 11 is 0. The summed E-state index contributed by atoms with van der Waals surface area (Å²) in [6.45, 7) is 0.608. The lowest BCUT2D eigenvalue weighted by Gasteiger charge is -2.27. The van der Waals surface area contributed by atoms with Gasteiger partial charge in [-0.3, -0.25) is 14.5 Å². The van der Waals surface area contributed by atoms with Crippen LogP contribution in [0, 0.1) is 5.92 Å². The molecule has 0 radical (unpaired) electrons. The average Bonchev–Trinajstić information content (AvgIpc) is 3.18. The van der Waals surface area contributed by atoms with Crippen LogP contribution in [0.3, 0.4) is 0 Å². The number of rotatable bonds is 3. The summed E-state index contributed by atoms with van der Waals surface area (Å²) in [4.78, 5) is 29.4. The molecule has 1 fully saturated rings. The summed E-state index contributed by atoms with van der Waals surface area (Å²) < 4.78 is 5.09. The number of aromatic nitrogens is 1. The van der Waals surface area contributed by atoms with Crippen LogP contribution in [0.5, 0.6) is 5.75 Å². The Bertz CT molecular complexity index is 523. The van der Waals surface area contributed by atoms with Crippen LogP contribution in [0.4, 0.5) is 5.82 Å². The number of nitrogens with zero attached hydrogens (tertiary/aromatic N) is 2. The van der Waals surface area contributed by atoms with Crippen LogP contribution in [0.25, 0.3) is 0 Å². The molecule has 2 aliphatic rings. The molecular formula is C13H14N2O3. The summed E-state index contributed by atoms with van der Waals surface area (Å²) in [6, 6.07) is 1.78. The fourth-order valence-corrected chi connectivity index (χ4v) is 2.19. The van der Waals surface area contributed by atoms with Crippen LogP contribution in [-0.4, -0.2) is 30.3 Å². The highest BCUT2D eigenvalue weighted by Crippen LogP contribution is 2.34. The number of amides is 1. The monoisotopic (exact) mass is 246 g/mol. The van der Waals surface area contributed by atoms with Crippen molar-refractivity contribution in [2.45, 2.75) is 19.3 Å². The Labute approximate surface area is 105 Å². The molecule has 1 aromatic rings. The Morgan fingerprint density at radius 1 is 1.44 bits per heavy atom. The molecule has 18 heavy (non-hydrogen) atoms. The first kappa shape index (κ1) is 11.2. The van der Waals surface area contributed by atoms with Gasteiger partial charge in [-0.25, -0.2) is 4.98 Å². The molecule has 1 aliphatic heterocycles. The normalized spacial score (nSPS) is 18.8. The maximum atomic E-state index is 11.9. The molecular weight excluding hydrogens is 232 g/mol. The fourth-order valence-electron chi connectivity index (χ4n) is 2.19. The van der Waals surface area contributed by atoms with E-state index in [1.165, 1.54) is 4.90 Å². The molecule has 0 bridgehead atoms. The Morgan fingerprint density at radius 3 is 2.89 bits per heavy atom. The summed E-state index contributed by atoms with van der Waals surface area (Å²) in [5.74, 6) is 0.969. The van der Waals surface area contributed by atoms with Crippen molar-refractivity contribution >= 4 is 17.5 Å². The zero-order valence-corrected chi connectivity index (χ0v) is 10.2. The van der Waals surface area contributed by atoms with Crippen LogP contribution < -0.4 is 9.64 Å². The van der Waals surface area contributed by atoms with Gasteiger partial charge in [-0.2, -0.15) is 0 Å². The second-order valence-electron chi connectivity index (χ2n) is 4.82. The van der Waals surface area contributed by atoms with Gasteiger partial charge in [0.05, 0.1) is 13.3 Å². The predicted molar refractivity (Wildman–Crippen MR) is 64.6 cm³/mol. The van der Waals surface area contributed by atoms with Crippen molar-refractivity contribution in [3.8, 4) is 5.75 Å². The first-order valence-corrected chi connectivity index (χ1v) is 6.06. The second kappa shape index (κ2) is 4.08. The SMILES string of the molecule is COc1cnc2c(c1)CC(=O)C(=O)N2CC1CC1. The number of pyridine rings is 1. The van der Waals surface area contributed by atoms with Crippen LogP contribution >= 0.6 is 0 Å². The summed E-state index contributed by atoms with van der Waals surface area (Å²) in [5, 5.41) is 0. The third kappa shape index (κ3) is 1.85. The van der Waals surface area contributed by atoms with Crippen molar-refractivity contribution in [1.82, 2.24) is 4.98 Å². The topological polar surface area (TPSA) is 59.5 Å². The predicted octanol–water partition coefficient (Wildman–Crippen LogP) is 0.958. The van der Waals surface area contributed by atoms with E-state index in [1.54, 1.807) is 19.4 Å². The van der Waals surface area contributed by atoms with Gasteiger partial charge in [-0.05, 0) is 24.8 Å².